The third kappa shape index (κ3) is 4.35. The largest absolute Gasteiger partial charge is 0.548 e. The maximum absolute atomic E-state index is 11.8. The molecule has 0 aliphatic heterocycles. The lowest BCUT2D eigenvalue weighted by molar-refractivity contribution is -0.308. The summed E-state index contributed by atoms with van der Waals surface area (Å²) < 4.78 is 4.38. The number of carbonyl (C=O) groups excluding carboxylic acids is 3. The monoisotopic (exact) mass is 256 g/mol. The summed E-state index contributed by atoms with van der Waals surface area (Å²) in [5, 5.41) is 13.2. The molecule has 1 fully saturated rings. The zero-order valence-electron chi connectivity index (χ0n) is 10.4. The number of esters is 1. The molecule has 0 saturated heterocycles. The van der Waals surface area contributed by atoms with Crippen molar-refractivity contribution in [2.45, 2.75) is 44.6 Å². The van der Waals surface area contributed by atoms with E-state index in [1.807, 2.05) is 0 Å². The predicted molar refractivity (Wildman–Crippen MR) is 60.1 cm³/mol. The van der Waals surface area contributed by atoms with Crippen LogP contribution in [0.5, 0.6) is 0 Å². The van der Waals surface area contributed by atoms with E-state index in [0.717, 1.165) is 39.2 Å². The molecule has 6 nitrogen and oxygen atoms in total. The number of carbonyl (C=O) groups is 3. The van der Waals surface area contributed by atoms with Crippen LogP contribution in [0.4, 0.5) is 0 Å². The predicted octanol–water partition coefficient (Wildman–Crippen LogP) is -0.635. The van der Waals surface area contributed by atoms with Crippen LogP contribution in [-0.2, 0) is 19.1 Å². The van der Waals surface area contributed by atoms with Crippen molar-refractivity contribution in [3.8, 4) is 0 Å². The standard InChI is InChI=1S/C12H19NO5/c1-18-10(14)7-9(12(16)17)13-11(15)8-5-3-2-4-6-8/h8-9H,2-7H2,1H3,(H,13,15)(H,16,17)/p-1. The Labute approximate surface area is 106 Å². The topological polar surface area (TPSA) is 95.5 Å². The molecule has 1 rings (SSSR count). The van der Waals surface area contributed by atoms with Gasteiger partial charge >= 0.3 is 5.97 Å². The van der Waals surface area contributed by atoms with Gasteiger partial charge in [-0.05, 0) is 12.8 Å². The van der Waals surface area contributed by atoms with E-state index in [1.54, 1.807) is 0 Å². The second-order valence-electron chi connectivity index (χ2n) is 4.50. The lowest BCUT2D eigenvalue weighted by atomic mass is 9.88. The number of carboxylic acid groups (broad SMARTS) is 1. The van der Waals surface area contributed by atoms with Crippen LogP contribution in [0.1, 0.15) is 38.5 Å². The number of methoxy groups -OCH3 is 1. The molecule has 0 spiro atoms. The van der Waals surface area contributed by atoms with E-state index in [2.05, 4.69) is 10.1 Å². The zero-order chi connectivity index (χ0) is 13.5. The molecule has 0 heterocycles. The van der Waals surface area contributed by atoms with Gasteiger partial charge in [0.15, 0.2) is 0 Å². The summed E-state index contributed by atoms with van der Waals surface area (Å²) in [6.45, 7) is 0. The van der Waals surface area contributed by atoms with Crippen molar-refractivity contribution in [1.29, 1.82) is 0 Å². The number of nitrogens with one attached hydrogen (secondary N) is 1. The van der Waals surface area contributed by atoms with E-state index in [-0.39, 0.29) is 11.8 Å². The lowest BCUT2D eigenvalue weighted by Crippen LogP contribution is -2.50. The summed E-state index contributed by atoms with van der Waals surface area (Å²) in [5.74, 6) is -2.62. The normalized spacial score (nSPS) is 17.8. The number of rotatable bonds is 5. The average molecular weight is 256 g/mol. The van der Waals surface area contributed by atoms with Gasteiger partial charge < -0.3 is 20.0 Å². The number of amides is 1. The third-order valence-corrected chi connectivity index (χ3v) is 3.18. The summed E-state index contributed by atoms with van der Waals surface area (Å²) in [5.41, 5.74) is 0. The Morgan fingerprint density at radius 3 is 2.39 bits per heavy atom. The van der Waals surface area contributed by atoms with Crippen molar-refractivity contribution in [3.63, 3.8) is 0 Å². The molecular formula is C12H18NO5-. The van der Waals surface area contributed by atoms with Gasteiger partial charge in [-0.1, -0.05) is 19.3 Å². The van der Waals surface area contributed by atoms with E-state index in [1.165, 1.54) is 0 Å². The van der Waals surface area contributed by atoms with Gasteiger partial charge in [0.25, 0.3) is 0 Å². The minimum Gasteiger partial charge on any atom is -0.548 e. The molecule has 1 N–H and O–H groups in total. The Kier molecular flexibility index (Phi) is 5.61. The fourth-order valence-electron chi connectivity index (χ4n) is 2.10. The van der Waals surface area contributed by atoms with Gasteiger partial charge in [-0.15, -0.1) is 0 Å². The number of hydrogen-bond donors (Lipinski definition) is 1. The van der Waals surface area contributed by atoms with Gasteiger partial charge in [-0.25, -0.2) is 0 Å². The lowest BCUT2D eigenvalue weighted by Gasteiger charge is -2.24. The molecule has 1 aliphatic rings. The van der Waals surface area contributed by atoms with Crippen LogP contribution in [0.3, 0.4) is 0 Å². The minimum absolute atomic E-state index is 0.154. The van der Waals surface area contributed by atoms with Crippen LogP contribution in [0.15, 0.2) is 0 Å². The summed E-state index contributed by atoms with van der Waals surface area (Å²) in [7, 11) is 1.16. The molecule has 0 radical (unpaired) electrons. The molecule has 18 heavy (non-hydrogen) atoms. The van der Waals surface area contributed by atoms with Gasteiger partial charge in [-0.2, -0.15) is 0 Å². The van der Waals surface area contributed by atoms with Crippen molar-refractivity contribution in [3.05, 3.63) is 0 Å². The third-order valence-electron chi connectivity index (χ3n) is 3.18. The van der Waals surface area contributed by atoms with E-state index in [4.69, 9.17) is 0 Å². The molecular weight excluding hydrogens is 238 g/mol. The molecule has 0 bridgehead atoms. The van der Waals surface area contributed by atoms with Gasteiger partial charge in [-0.3, -0.25) is 9.59 Å². The van der Waals surface area contributed by atoms with Crippen molar-refractivity contribution in [1.82, 2.24) is 5.32 Å². The molecule has 1 amide bonds. The second kappa shape index (κ2) is 6.98. The fourth-order valence-corrected chi connectivity index (χ4v) is 2.10. The highest BCUT2D eigenvalue weighted by Crippen LogP contribution is 2.23. The quantitative estimate of drug-likeness (QED) is 0.660. The van der Waals surface area contributed by atoms with E-state index >= 15 is 0 Å². The van der Waals surface area contributed by atoms with Crippen LogP contribution in [0, 0.1) is 5.92 Å². The van der Waals surface area contributed by atoms with Crippen molar-refractivity contribution >= 4 is 17.8 Å². The molecule has 1 saturated carbocycles. The van der Waals surface area contributed by atoms with Crippen LogP contribution in [0.2, 0.25) is 0 Å². The van der Waals surface area contributed by atoms with E-state index < -0.39 is 24.4 Å². The van der Waals surface area contributed by atoms with E-state index in [0.29, 0.717) is 0 Å². The van der Waals surface area contributed by atoms with Gasteiger partial charge in [0.1, 0.15) is 0 Å². The van der Waals surface area contributed by atoms with Crippen LogP contribution < -0.4 is 10.4 Å². The van der Waals surface area contributed by atoms with Crippen LogP contribution in [0.25, 0.3) is 0 Å². The zero-order valence-corrected chi connectivity index (χ0v) is 10.4. The Bertz CT molecular complexity index is 322. The molecule has 1 unspecified atom stereocenters. The SMILES string of the molecule is COC(=O)CC(NC(=O)C1CCCCC1)C(=O)[O-]. The first-order valence-electron chi connectivity index (χ1n) is 6.12. The van der Waals surface area contributed by atoms with Gasteiger partial charge in [0.2, 0.25) is 5.91 Å². The smallest absolute Gasteiger partial charge is 0.307 e. The van der Waals surface area contributed by atoms with Gasteiger partial charge in [0.05, 0.1) is 25.5 Å². The van der Waals surface area contributed by atoms with Crippen molar-refractivity contribution in [2.75, 3.05) is 7.11 Å². The first kappa shape index (κ1) is 14.5. The fraction of sp³-hybridized carbons (Fsp3) is 0.750. The molecule has 1 atom stereocenters. The second-order valence-corrected chi connectivity index (χ2v) is 4.50. The molecule has 102 valence electrons. The summed E-state index contributed by atoms with van der Waals surface area (Å²) in [6, 6.07) is -1.31. The maximum atomic E-state index is 11.8. The van der Waals surface area contributed by atoms with Gasteiger partial charge in [0, 0.05) is 5.92 Å². The average Bonchev–Trinajstić information content (AvgIpc) is 2.38. The maximum Gasteiger partial charge on any atom is 0.307 e. The van der Waals surface area contributed by atoms with Crippen LogP contribution in [-0.4, -0.2) is 31.0 Å². The Morgan fingerprint density at radius 2 is 1.89 bits per heavy atom. The molecule has 6 heteroatoms. The molecule has 0 aromatic heterocycles. The molecule has 0 aromatic carbocycles. The Hall–Kier alpha value is -1.59. The highest BCUT2D eigenvalue weighted by molar-refractivity contribution is 5.87. The first-order chi connectivity index (χ1) is 8.54. The van der Waals surface area contributed by atoms with E-state index in [9.17, 15) is 19.5 Å². The summed E-state index contributed by atoms with van der Waals surface area (Å²) in [6.07, 6.45) is 4.19. The van der Waals surface area contributed by atoms with Crippen molar-refractivity contribution < 1.29 is 24.2 Å². The Balaban J connectivity index is 2.51. The summed E-state index contributed by atoms with van der Waals surface area (Å²) in [4.78, 5) is 33.7. The number of aliphatic carboxylic acids is 1. The highest BCUT2D eigenvalue weighted by atomic mass is 16.5. The van der Waals surface area contributed by atoms with Crippen LogP contribution >= 0.6 is 0 Å². The first-order valence-corrected chi connectivity index (χ1v) is 6.12. The van der Waals surface area contributed by atoms with Crippen molar-refractivity contribution in [2.24, 2.45) is 5.92 Å². The molecule has 1 aliphatic carbocycles. The Morgan fingerprint density at radius 1 is 1.28 bits per heavy atom. The minimum atomic E-state index is -1.47. The summed E-state index contributed by atoms with van der Waals surface area (Å²) >= 11 is 0. The number of carboxylic acids is 1. The number of hydrogen-bond acceptors (Lipinski definition) is 5. The molecule has 0 aromatic rings. The highest BCUT2D eigenvalue weighted by Gasteiger charge is 2.25. The number of ether oxygens (including phenoxy) is 1.